The van der Waals surface area contributed by atoms with E-state index in [0.29, 0.717) is 25.4 Å². The molecule has 0 radical (unpaired) electrons. The summed E-state index contributed by atoms with van der Waals surface area (Å²) in [5, 5.41) is 10.4. The third-order valence-electron chi connectivity index (χ3n) is 3.59. The highest BCUT2D eigenvalue weighted by Crippen LogP contribution is 2.36. The number of para-hydroxylation sites is 1. The molecule has 98 valence electrons. The van der Waals surface area contributed by atoms with E-state index in [1.807, 2.05) is 0 Å². The van der Waals surface area contributed by atoms with E-state index in [-0.39, 0.29) is 11.8 Å². The summed E-state index contributed by atoms with van der Waals surface area (Å²) in [6.07, 6.45) is -0.706. The van der Waals surface area contributed by atoms with Gasteiger partial charge in [0.15, 0.2) is 11.6 Å². The van der Waals surface area contributed by atoms with Crippen molar-refractivity contribution >= 4 is 0 Å². The highest BCUT2D eigenvalue weighted by Gasteiger charge is 2.35. The number of benzene rings is 1. The fourth-order valence-corrected chi connectivity index (χ4v) is 2.59. The Labute approximate surface area is 105 Å². The van der Waals surface area contributed by atoms with Crippen molar-refractivity contribution in [2.45, 2.75) is 12.1 Å². The van der Waals surface area contributed by atoms with Gasteiger partial charge in [-0.15, -0.1) is 0 Å². The van der Waals surface area contributed by atoms with Gasteiger partial charge in [-0.25, -0.2) is 4.39 Å². The SMILES string of the molecule is OC1c2cccc(F)c2OCC1N1CCOCC1. The predicted octanol–water partition coefficient (Wildman–Crippen LogP) is 0.952. The summed E-state index contributed by atoms with van der Waals surface area (Å²) in [6.45, 7) is 3.19. The fraction of sp³-hybridized carbons (Fsp3) is 0.538. The van der Waals surface area contributed by atoms with E-state index >= 15 is 0 Å². The number of fused-ring (bicyclic) bond motifs is 1. The van der Waals surface area contributed by atoms with E-state index in [9.17, 15) is 9.50 Å². The highest BCUT2D eigenvalue weighted by molar-refractivity contribution is 5.39. The summed E-state index contributed by atoms with van der Waals surface area (Å²) in [7, 11) is 0. The number of ether oxygens (including phenoxy) is 2. The van der Waals surface area contributed by atoms with Crippen molar-refractivity contribution in [1.29, 1.82) is 0 Å². The monoisotopic (exact) mass is 253 g/mol. The molecular formula is C13H16FNO3. The summed E-state index contributed by atoms with van der Waals surface area (Å²) in [5.74, 6) is -0.221. The minimum atomic E-state index is -0.706. The number of aliphatic hydroxyl groups is 1. The molecule has 2 aliphatic heterocycles. The molecule has 1 fully saturated rings. The van der Waals surface area contributed by atoms with Crippen LogP contribution >= 0.6 is 0 Å². The van der Waals surface area contributed by atoms with Crippen LogP contribution in [0.15, 0.2) is 18.2 Å². The second kappa shape index (κ2) is 4.84. The van der Waals surface area contributed by atoms with Crippen LogP contribution in [0, 0.1) is 5.82 Å². The van der Waals surface area contributed by atoms with E-state index in [2.05, 4.69) is 4.90 Å². The zero-order valence-corrected chi connectivity index (χ0v) is 10.0. The molecule has 0 spiro atoms. The molecule has 4 nitrogen and oxygen atoms in total. The minimum absolute atomic E-state index is 0.122. The highest BCUT2D eigenvalue weighted by atomic mass is 19.1. The van der Waals surface area contributed by atoms with Crippen molar-refractivity contribution in [1.82, 2.24) is 4.90 Å². The molecule has 2 unspecified atom stereocenters. The van der Waals surface area contributed by atoms with Crippen molar-refractivity contribution < 1.29 is 19.0 Å². The van der Waals surface area contributed by atoms with Crippen LogP contribution in [0.1, 0.15) is 11.7 Å². The van der Waals surface area contributed by atoms with E-state index in [1.165, 1.54) is 6.07 Å². The summed E-state index contributed by atoms with van der Waals surface area (Å²) in [5.41, 5.74) is 0.540. The van der Waals surface area contributed by atoms with Gasteiger partial charge in [0.1, 0.15) is 12.7 Å². The molecule has 0 amide bonds. The van der Waals surface area contributed by atoms with Gasteiger partial charge >= 0.3 is 0 Å². The minimum Gasteiger partial charge on any atom is -0.488 e. The lowest BCUT2D eigenvalue weighted by Crippen LogP contribution is -2.50. The van der Waals surface area contributed by atoms with Gasteiger partial charge in [0, 0.05) is 18.7 Å². The zero-order chi connectivity index (χ0) is 12.5. The summed E-state index contributed by atoms with van der Waals surface area (Å²) in [6, 6.07) is 4.54. The van der Waals surface area contributed by atoms with Gasteiger partial charge < -0.3 is 14.6 Å². The second-order valence-electron chi connectivity index (χ2n) is 4.63. The van der Waals surface area contributed by atoms with Crippen LogP contribution in [0.5, 0.6) is 5.75 Å². The van der Waals surface area contributed by atoms with Crippen molar-refractivity contribution in [3.05, 3.63) is 29.6 Å². The van der Waals surface area contributed by atoms with Crippen LogP contribution in [0.2, 0.25) is 0 Å². The summed E-state index contributed by atoms with van der Waals surface area (Å²) >= 11 is 0. The van der Waals surface area contributed by atoms with Crippen molar-refractivity contribution in [2.75, 3.05) is 32.9 Å². The number of aliphatic hydroxyl groups excluding tert-OH is 1. The van der Waals surface area contributed by atoms with Crippen LogP contribution in [-0.4, -0.2) is 49.0 Å². The topological polar surface area (TPSA) is 41.9 Å². The average Bonchev–Trinajstić information content (AvgIpc) is 2.41. The normalized spacial score (nSPS) is 28.6. The maximum Gasteiger partial charge on any atom is 0.165 e. The predicted molar refractivity (Wildman–Crippen MR) is 63.0 cm³/mol. The van der Waals surface area contributed by atoms with Crippen LogP contribution in [-0.2, 0) is 4.74 Å². The molecule has 18 heavy (non-hydrogen) atoms. The molecule has 0 aromatic heterocycles. The molecule has 5 heteroatoms. The quantitative estimate of drug-likeness (QED) is 0.809. The smallest absolute Gasteiger partial charge is 0.165 e. The van der Waals surface area contributed by atoms with Crippen molar-refractivity contribution in [3.8, 4) is 5.75 Å². The Hall–Kier alpha value is -1.17. The molecule has 1 aromatic carbocycles. The number of hydrogen-bond acceptors (Lipinski definition) is 4. The van der Waals surface area contributed by atoms with Crippen LogP contribution in [0.4, 0.5) is 4.39 Å². The second-order valence-corrected chi connectivity index (χ2v) is 4.63. The first-order valence-electron chi connectivity index (χ1n) is 6.18. The molecular weight excluding hydrogens is 237 g/mol. The summed E-state index contributed by atoms with van der Waals surface area (Å²) < 4.78 is 24.3. The Bertz CT molecular complexity index is 434. The van der Waals surface area contributed by atoms with Crippen LogP contribution < -0.4 is 4.74 Å². The zero-order valence-electron chi connectivity index (χ0n) is 10.0. The van der Waals surface area contributed by atoms with Crippen molar-refractivity contribution in [2.24, 2.45) is 0 Å². The molecule has 2 atom stereocenters. The van der Waals surface area contributed by atoms with E-state index in [4.69, 9.17) is 9.47 Å². The molecule has 1 saturated heterocycles. The largest absolute Gasteiger partial charge is 0.488 e. The lowest BCUT2D eigenvalue weighted by atomic mass is 9.97. The van der Waals surface area contributed by atoms with Gasteiger partial charge in [-0.3, -0.25) is 4.90 Å². The third-order valence-corrected chi connectivity index (χ3v) is 3.59. The first kappa shape index (κ1) is 11.9. The fourth-order valence-electron chi connectivity index (χ4n) is 2.59. The Morgan fingerprint density at radius 1 is 1.28 bits per heavy atom. The number of rotatable bonds is 1. The molecule has 0 aliphatic carbocycles. The standard InChI is InChI=1S/C13H16FNO3/c14-10-3-1-2-9-12(16)11(8-18-13(9)10)15-4-6-17-7-5-15/h1-3,11-12,16H,4-8H2. The van der Waals surface area contributed by atoms with Gasteiger partial charge in [-0.2, -0.15) is 0 Å². The molecule has 2 aliphatic rings. The van der Waals surface area contributed by atoms with Gasteiger partial charge in [-0.05, 0) is 6.07 Å². The van der Waals surface area contributed by atoms with Gasteiger partial charge in [0.2, 0.25) is 0 Å². The first-order chi connectivity index (χ1) is 8.77. The van der Waals surface area contributed by atoms with E-state index in [0.717, 1.165) is 13.1 Å². The Morgan fingerprint density at radius 2 is 2.06 bits per heavy atom. The number of morpholine rings is 1. The first-order valence-corrected chi connectivity index (χ1v) is 6.18. The molecule has 2 heterocycles. The maximum atomic E-state index is 13.5. The van der Waals surface area contributed by atoms with Crippen LogP contribution in [0.3, 0.4) is 0 Å². The summed E-state index contributed by atoms with van der Waals surface area (Å²) in [4.78, 5) is 2.14. The molecule has 3 rings (SSSR count). The number of nitrogens with zero attached hydrogens (tertiary/aromatic N) is 1. The Morgan fingerprint density at radius 3 is 2.83 bits per heavy atom. The lowest BCUT2D eigenvalue weighted by Gasteiger charge is -2.39. The van der Waals surface area contributed by atoms with Gasteiger partial charge in [0.05, 0.1) is 19.3 Å². The van der Waals surface area contributed by atoms with E-state index in [1.54, 1.807) is 12.1 Å². The molecule has 1 N–H and O–H groups in total. The van der Waals surface area contributed by atoms with Gasteiger partial charge in [-0.1, -0.05) is 12.1 Å². The Kier molecular flexibility index (Phi) is 3.20. The number of hydrogen-bond donors (Lipinski definition) is 1. The molecule has 0 bridgehead atoms. The van der Waals surface area contributed by atoms with E-state index < -0.39 is 11.9 Å². The Balaban J connectivity index is 1.84. The average molecular weight is 253 g/mol. The van der Waals surface area contributed by atoms with Gasteiger partial charge in [0.25, 0.3) is 0 Å². The lowest BCUT2D eigenvalue weighted by molar-refractivity contribution is -0.0462. The maximum absolute atomic E-state index is 13.5. The van der Waals surface area contributed by atoms with Crippen LogP contribution in [0.25, 0.3) is 0 Å². The molecule has 1 aromatic rings. The van der Waals surface area contributed by atoms with Crippen molar-refractivity contribution in [3.63, 3.8) is 0 Å². The molecule has 0 saturated carbocycles. The number of halogens is 1. The third kappa shape index (κ3) is 1.98.